The second kappa shape index (κ2) is 14.1. The predicted molar refractivity (Wildman–Crippen MR) is 167 cm³/mol. The average Bonchev–Trinajstić information content (AvgIpc) is 3.55. The van der Waals surface area contributed by atoms with Crippen LogP contribution in [0.4, 0.5) is 10.8 Å². The Morgan fingerprint density at radius 1 is 1.15 bits per heavy atom. The van der Waals surface area contributed by atoms with Gasteiger partial charge in [-0.15, -0.1) is 11.3 Å². The van der Waals surface area contributed by atoms with E-state index in [0.29, 0.717) is 31.2 Å². The summed E-state index contributed by atoms with van der Waals surface area (Å²) in [7, 11) is 2.12. The molecule has 0 radical (unpaired) electrons. The van der Waals surface area contributed by atoms with E-state index in [1.165, 1.54) is 22.6 Å². The van der Waals surface area contributed by atoms with E-state index in [0.717, 1.165) is 58.0 Å². The summed E-state index contributed by atoms with van der Waals surface area (Å²) in [6, 6.07) is 14.0. The van der Waals surface area contributed by atoms with Crippen molar-refractivity contribution in [2.75, 3.05) is 37.0 Å². The second-order valence-electron chi connectivity index (χ2n) is 9.97. The highest BCUT2D eigenvalue weighted by molar-refractivity contribution is 7.16. The van der Waals surface area contributed by atoms with Crippen LogP contribution >= 0.6 is 11.3 Å². The Morgan fingerprint density at radius 2 is 1.93 bits per heavy atom. The number of benzene rings is 2. The van der Waals surface area contributed by atoms with Crippen molar-refractivity contribution < 1.29 is 19.1 Å². The van der Waals surface area contributed by atoms with E-state index in [2.05, 4.69) is 42.4 Å². The van der Waals surface area contributed by atoms with E-state index < -0.39 is 0 Å². The van der Waals surface area contributed by atoms with Gasteiger partial charge in [0, 0.05) is 48.1 Å². The first-order chi connectivity index (χ1) is 19.9. The number of carbonyl (C=O) groups is 2. The van der Waals surface area contributed by atoms with Crippen LogP contribution in [0.1, 0.15) is 53.1 Å². The number of fused-ring (bicyclic) bond motifs is 1. The Balaban J connectivity index is 0.000000299. The number of hydrogen-bond donors (Lipinski definition) is 1. The lowest BCUT2D eigenvalue weighted by Crippen LogP contribution is -2.21. The molecule has 1 amide bonds. The van der Waals surface area contributed by atoms with E-state index >= 15 is 0 Å². The highest BCUT2D eigenvalue weighted by Crippen LogP contribution is 2.35. The molecule has 7 nitrogen and oxygen atoms in total. The first-order valence-corrected chi connectivity index (χ1v) is 15.0. The van der Waals surface area contributed by atoms with Crippen LogP contribution in [0.3, 0.4) is 0 Å². The zero-order valence-corrected chi connectivity index (χ0v) is 25.3. The average molecular weight is 574 g/mol. The number of anilines is 2. The fourth-order valence-electron chi connectivity index (χ4n) is 5.00. The third kappa shape index (κ3) is 7.44. The minimum atomic E-state index is -0.0266. The molecule has 2 aliphatic heterocycles. The number of nitrogens with zero attached hydrogens (tertiary/aromatic N) is 2. The summed E-state index contributed by atoms with van der Waals surface area (Å²) in [6.07, 6.45) is 6.99. The summed E-state index contributed by atoms with van der Waals surface area (Å²) >= 11 is 1.53. The maximum atomic E-state index is 12.6. The molecule has 1 aromatic heterocycles. The third-order valence-corrected chi connectivity index (χ3v) is 8.03. The van der Waals surface area contributed by atoms with E-state index in [1.54, 1.807) is 0 Å². The van der Waals surface area contributed by atoms with Gasteiger partial charge in [0.1, 0.15) is 25.3 Å². The Morgan fingerprint density at radius 3 is 2.68 bits per heavy atom. The molecule has 0 spiro atoms. The summed E-state index contributed by atoms with van der Waals surface area (Å²) in [5.74, 6) is 1.75. The number of ether oxygens (including phenoxy) is 2. The molecule has 2 aromatic carbocycles. The van der Waals surface area contributed by atoms with Gasteiger partial charge >= 0.3 is 0 Å². The molecule has 8 heteroatoms. The molecule has 41 heavy (non-hydrogen) atoms. The predicted octanol–water partition coefficient (Wildman–Crippen LogP) is 7.11. The number of nitrogens with one attached hydrogen (secondary N) is 1. The molecule has 1 atom stereocenters. The van der Waals surface area contributed by atoms with E-state index in [-0.39, 0.29) is 11.8 Å². The van der Waals surface area contributed by atoms with Crippen LogP contribution in [0.5, 0.6) is 0 Å². The molecular weight excluding hydrogens is 534 g/mol. The molecule has 3 aromatic rings. The van der Waals surface area contributed by atoms with Crippen LogP contribution in [0.25, 0.3) is 11.3 Å². The van der Waals surface area contributed by atoms with Crippen molar-refractivity contribution in [2.24, 2.45) is 5.92 Å². The van der Waals surface area contributed by atoms with Gasteiger partial charge in [0.25, 0.3) is 0 Å². The van der Waals surface area contributed by atoms with Gasteiger partial charge in [0.2, 0.25) is 5.91 Å². The lowest BCUT2D eigenvalue weighted by atomic mass is 9.94. The first kappa shape index (κ1) is 30.1. The summed E-state index contributed by atoms with van der Waals surface area (Å²) in [6.45, 7) is 10.2. The van der Waals surface area contributed by atoms with Gasteiger partial charge in [-0.05, 0) is 55.5 Å². The summed E-state index contributed by atoms with van der Waals surface area (Å²) < 4.78 is 11.3. The number of aromatic nitrogens is 1. The Labute approximate surface area is 246 Å². The van der Waals surface area contributed by atoms with Gasteiger partial charge in [-0.2, -0.15) is 0 Å². The molecule has 3 heterocycles. The minimum absolute atomic E-state index is 0.0266. The summed E-state index contributed by atoms with van der Waals surface area (Å²) in [5.41, 5.74) is 6.53. The summed E-state index contributed by atoms with van der Waals surface area (Å²) in [4.78, 5) is 31.0. The van der Waals surface area contributed by atoms with Crippen molar-refractivity contribution in [2.45, 2.75) is 47.0 Å². The Kier molecular flexibility index (Phi) is 10.4. The van der Waals surface area contributed by atoms with Crippen molar-refractivity contribution in [3.63, 3.8) is 0 Å². The van der Waals surface area contributed by atoms with Gasteiger partial charge in [-0.25, -0.2) is 4.98 Å². The van der Waals surface area contributed by atoms with Gasteiger partial charge in [0.15, 0.2) is 10.9 Å². The normalized spacial score (nSPS) is 16.6. The number of amides is 1. The van der Waals surface area contributed by atoms with Gasteiger partial charge in [0.05, 0.1) is 5.69 Å². The molecular formula is C33H39N3O4S. The van der Waals surface area contributed by atoms with Crippen LogP contribution in [0.2, 0.25) is 0 Å². The minimum Gasteiger partial charge on any atom is -0.490 e. The van der Waals surface area contributed by atoms with Crippen LogP contribution in [-0.2, 0) is 20.7 Å². The first-order valence-electron chi connectivity index (χ1n) is 14.2. The smallest absolute Gasteiger partial charge is 0.226 e. The molecule has 0 saturated heterocycles. The van der Waals surface area contributed by atoms with E-state index in [4.69, 9.17) is 14.5 Å². The maximum Gasteiger partial charge on any atom is 0.226 e. The number of carbonyl (C=O) groups excluding carboxylic acids is 2. The van der Waals surface area contributed by atoms with Crippen LogP contribution in [0.15, 0.2) is 66.1 Å². The number of hydrogen-bond acceptors (Lipinski definition) is 7. The lowest BCUT2D eigenvalue weighted by Gasteiger charge is -2.26. The standard InChI is InChI=1S/C23H25N3O3S.C8H8O.C2H6/c1-14-22(17-4-5-18-16(13-17)7-8-26(18)2)25-23(30-14)24-21(27)12-15-3-6-19-20(11-15)29-10-9-28-19;1-7-4-2-3-5-8(7)6-9;1-2/h3-6,13,15H,7-12H2,1-2H3,(H,24,25,27);2-6H,1H3;1-2H3. The molecule has 0 fully saturated rings. The lowest BCUT2D eigenvalue weighted by molar-refractivity contribution is -0.116. The Bertz CT molecular complexity index is 1440. The van der Waals surface area contributed by atoms with Crippen molar-refractivity contribution in [3.05, 3.63) is 87.7 Å². The number of rotatable bonds is 5. The van der Waals surface area contributed by atoms with Gasteiger partial charge < -0.3 is 19.7 Å². The zero-order chi connectivity index (χ0) is 29.4. The molecule has 1 aliphatic carbocycles. The van der Waals surface area contributed by atoms with Crippen molar-refractivity contribution in [1.29, 1.82) is 0 Å². The molecule has 3 aliphatic rings. The van der Waals surface area contributed by atoms with Gasteiger partial charge in [-0.1, -0.05) is 50.3 Å². The topological polar surface area (TPSA) is 80.8 Å². The number of allylic oxidation sites excluding steroid dienone is 3. The zero-order valence-electron chi connectivity index (χ0n) is 24.5. The van der Waals surface area contributed by atoms with E-state index in [1.807, 2.05) is 57.2 Å². The van der Waals surface area contributed by atoms with Crippen molar-refractivity contribution in [1.82, 2.24) is 4.98 Å². The molecule has 1 unspecified atom stereocenters. The number of thiazole rings is 1. The molecule has 0 saturated carbocycles. The highest BCUT2D eigenvalue weighted by Gasteiger charge is 2.24. The number of aldehydes is 1. The quantitative estimate of drug-likeness (QED) is 0.328. The van der Waals surface area contributed by atoms with Crippen LogP contribution in [-0.4, -0.2) is 44.0 Å². The monoisotopic (exact) mass is 573 g/mol. The van der Waals surface area contributed by atoms with Crippen molar-refractivity contribution in [3.8, 4) is 11.3 Å². The largest absolute Gasteiger partial charge is 0.490 e. The maximum absolute atomic E-state index is 12.6. The van der Waals surface area contributed by atoms with Crippen LogP contribution < -0.4 is 10.2 Å². The molecule has 6 rings (SSSR count). The van der Waals surface area contributed by atoms with Gasteiger partial charge in [-0.3, -0.25) is 9.59 Å². The van der Waals surface area contributed by atoms with Crippen molar-refractivity contribution >= 4 is 34.3 Å². The molecule has 0 bridgehead atoms. The number of likely N-dealkylation sites (N-methyl/N-ethyl adjacent to an activating group) is 1. The second-order valence-corrected chi connectivity index (χ2v) is 11.2. The SMILES string of the molecule is CC.Cc1ccccc1C=O.Cc1sc(NC(=O)CC2C=CC3=C(C2)OCCO3)nc1-c1ccc2c(c1)CCN2C. The third-order valence-electron chi connectivity index (χ3n) is 7.15. The van der Waals surface area contributed by atoms with Crippen LogP contribution in [0, 0.1) is 19.8 Å². The fourth-order valence-corrected chi connectivity index (χ4v) is 5.85. The highest BCUT2D eigenvalue weighted by atomic mass is 32.1. The molecule has 1 N–H and O–H groups in total. The Hall–Kier alpha value is -3.91. The van der Waals surface area contributed by atoms with E-state index in [9.17, 15) is 9.59 Å². The summed E-state index contributed by atoms with van der Waals surface area (Å²) in [5, 5.41) is 3.64. The number of aryl methyl sites for hydroxylation is 2. The molecule has 216 valence electrons. The fraction of sp³-hybridized carbons (Fsp3) is 0.364.